The average Bonchev–Trinajstić information content (AvgIpc) is 1.94. The normalized spacial score (nSPS) is 23.8. The van der Waals surface area contributed by atoms with Crippen molar-refractivity contribution >= 4 is 0 Å². The molecule has 78 valence electrons. The fourth-order valence-corrected chi connectivity index (χ4v) is 1.61. The van der Waals surface area contributed by atoms with Gasteiger partial charge >= 0.3 is 0 Å². The predicted molar refractivity (Wildman–Crippen MR) is 55.7 cm³/mol. The highest BCUT2D eigenvalue weighted by atomic mass is 16.3. The van der Waals surface area contributed by atoms with E-state index in [1.54, 1.807) is 0 Å². The maximum atomic E-state index is 9.71. The summed E-state index contributed by atoms with van der Waals surface area (Å²) in [5, 5.41) is 13.1. The van der Waals surface area contributed by atoms with Gasteiger partial charge in [-0.1, -0.05) is 13.3 Å². The maximum Gasteiger partial charge on any atom is 0.0741 e. The van der Waals surface area contributed by atoms with Crippen molar-refractivity contribution in [3.8, 4) is 0 Å². The van der Waals surface area contributed by atoms with Gasteiger partial charge in [-0.25, -0.2) is 0 Å². The number of hydrogen-bond donors (Lipinski definition) is 2. The molecule has 0 amide bonds. The van der Waals surface area contributed by atoms with Crippen LogP contribution in [-0.2, 0) is 0 Å². The van der Waals surface area contributed by atoms with Crippen LogP contribution in [0, 0.1) is 5.41 Å². The van der Waals surface area contributed by atoms with Crippen LogP contribution < -0.4 is 5.32 Å². The highest BCUT2D eigenvalue weighted by Gasteiger charge is 2.33. The van der Waals surface area contributed by atoms with Gasteiger partial charge in [-0.2, -0.15) is 0 Å². The van der Waals surface area contributed by atoms with Crippen LogP contribution in [0.5, 0.6) is 0 Å². The van der Waals surface area contributed by atoms with Crippen LogP contribution in [0.2, 0.25) is 0 Å². The molecule has 1 aliphatic carbocycles. The van der Waals surface area contributed by atoms with Gasteiger partial charge in [0, 0.05) is 12.6 Å². The molecule has 0 bridgehead atoms. The molecule has 1 atom stereocenters. The minimum atomic E-state index is -0.611. The Bertz CT molecular complexity index is 167. The van der Waals surface area contributed by atoms with Crippen molar-refractivity contribution < 1.29 is 5.11 Å². The first-order valence-electron chi connectivity index (χ1n) is 5.29. The lowest BCUT2D eigenvalue weighted by Gasteiger charge is -2.40. The molecule has 13 heavy (non-hydrogen) atoms. The SMILES string of the molecule is CC(NCC1(C)CCC1)C(C)(C)O. The molecule has 2 heteroatoms. The van der Waals surface area contributed by atoms with Crippen molar-refractivity contribution in [3.63, 3.8) is 0 Å². The lowest BCUT2D eigenvalue weighted by molar-refractivity contribution is 0.0345. The molecule has 1 saturated carbocycles. The second-order valence-electron chi connectivity index (χ2n) is 5.42. The van der Waals surface area contributed by atoms with Crippen molar-refractivity contribution in [2.75, 3.05) is 6.54 Å². The predicted octanol–water partition coefficient (Wildman–Crippen LogP) is 1.93. The smallest absolute Gasteiger partial charge is 0.0741 e. The molecule has 0 heterocycles. The fraction of sp³-hybridized carbons (Fsp3) is 1.00. The average molecular weight is 185 g/mol. The van der Waals surface area contributed by atoms with Crippen LogP contribution >= 0.6 is 0 Å². The zero-order valence-corrected chi connectivity index (χ0v) is 9.35. The van der Waals surface area contributed by atoms with Crippen molar-refractivity contribution in [3.05, 3.63) is 0 Å². The van der Waals surface area contributed by atoms with E-state index in [2.05, 4.69) is 12.2 Å². The second-order valence-corrected chi connectivity index (χ2v) is 5.42. The Morgan fingerprint density at radius 3 is 2.31 bits per heavy atom. The first-order valence-corrected chi connectivity index (χ1v) is 5.29. The minimum absolute atomic E-state index is 0.171. The third-order valence-corrected chi connectivity index (χ3v) is 3.46. The first kappa shape index (κ1) is 11.0. The summed E-state index contributed by atoms with van der Waals surface area (Å²) in [5.41, 5.74) is -0.111. The van der Waals surface area contributed by atoms with E-state index in [0.717, 1.165) is 6.54 Å². The fourth-order valence-electron chi connectivity index (χ4n) is 1.61. The third kappa shape index (κ3) is 2.96. The van der Waals surface area contributed by atoms with E-state index in [1.807, 2.05) is 20.8 Å². The molecule has 1 aliphatic rings. The molecule has 1 fully saturated rings. The quantitative estimate of drug-likeness (QED) is 0.701. The second kappa shape index (κ2) is 3.58. The van der Waals surface area contributed by atoms with Gasteiger partial charge in [-0.05, 0) is 39.0 Å². The van der Waals surface area contributed by atoms with Crippen LogP contribution in [-0.4, -0.2) is 23.3 Å². The molecule has 0 aromatic rings. The molecular weight excluding hydrogens is 162 g/mol. The Morgan fingerprint density at radius 2 is 2.00 bits per heavy atom. The Balaban J connectivity index is 2.26. The molecule has 0 aromatic carbocycles. The van der Waals surface area contributed by atoms with Gasteiger partial charge in [0.2, 0.25) is 0 Å². The zero-order chi connectivity index (χ0) is 10.1. The molecule has 0 saturated heterocycles. The number of rotatable bonds is 4. The molecule has 1 rings (SSSR count). The lowest BCUT2D eigenvalue weighted by atomic mass is 9.70. The van der Waals surface area contributed by atoms with E-state index in [4.69, 9.17) is 0 Å². The molecular formula is C11H23NO. The van der Waals surface area contributed by atoms with Crippen LogP contribution in [0.4, 0.5) is 0 Å². The van der Waals surface area contributed by atoms with E-state index in [-0.39, 0.29) is 6.04 Å². The van der Waals surface area contributed by atoms with E-state index in [1.165, 1.54) is 19.3 Å². The van der Waals surface area contributed by atoms with Crippen molar-refractivity contribution in [1.29, 1.82) is 0 Å². The summed E-state index contributed by atoms with van der Waals surface area (Å²) >= 11 is 0. The Hall–Kier alpha value is -0.0800. The van der Waals surface area contributed by atoms with Gasteiger partial charge in [0.1, 0.15) is 0 Å². The molecule has 0 aromatic heterocycles. The minimum Gasteiger partial charge on any atom is -0.389 e. The summed E-state index contributed by atoms with van der Waals surface area (Å²) in [4.78, 5) is 0. The summed E-state index contributed by atoms with van der Waals surface area (Å²) in [7, 11) is 0. The number of aliphatic hydroxyl groups is 1. The molecule has 0 radical (unpaired) electrons. The summed E-state index contributed by atoms with van der Waals surface area (Å²) in [6, 6.07) is 0.171. The van der Waals surface area contributed by atoms with Crippen LogP contribution in [0.25, 0.3) is 0 Å². The van der Waals surface area contributed by atoms with Gasteiger partial charge in [-0.15, -0.1) is 0 Å². The molecule has 2 N–H and O–H groups in total. The van der Waals surface area contributed by atoms with Gasteiger partial charge in [-0.3, -0.25) is 0 Å². The highest BCUT2D eigenvalue weighted by Crippen LogP contribution is 2.39. The summed E-state index contributed by atoms with van der Waals surface area (Å²) < 4.78 is 0. The number of hydrogen-bond acceptors (Lipinski definition) is 2. The van der Waals surface area contributed by atoms with Gasteiger partial charge < -0.3 is 10.4 Å². The monoisotopic (exact) mass is 185 g/mol. The maximum absolute atomic E-state index is 9.71. The molecule has 0 spiro atoms. The Kier molecular flexibility index (Phi) is 3.03. The van der Waals surface area contributed by atoms with Crippen molar-refractivity contribution in [2.45, 2.75) is 58.6 Å². The largest absolute Gasteiger partial charge is 0.389 e. The van der Waals surface area contributed by atoms with E-state index >= 15 is 0 Å². The topological polar surface area (TPSA) is 32.3 Å². The molecule has 1 unspecified atom stereocenters. The lowest BCUT2D eigenvalue weighted by Crippen LogP contribution is -2.49. The Morgan fingerprint density at radius 1 is 1.46 bits per heavy atom. The number of nitrogens with one attached hydrogen (secondary N) is 1. The van der Waals surface area contributed by atoms with E-state index in [0.29, 0.717) is 5.41 Å². The zero-order valence-electron chi connectivity index (χ0n) is 9.35. The summed E-state index contributed by atoms with van der Waals surface area (Å²) in [5.74, 6) is 0. The summed E-state index contributed by atoms with van der Waals surface area (Å²) in [6.45, 7) is 9.11. The Labute approximate surface area is 81.7 Å². The standard InChI is InChI=1S/C11H23NO/c1-9(10(2,3)13)12-8-11(4)6-5-7-11/h9,12-13H,5-8H2,1-4H3. The van der Waals surface area contributed by atoms with Crippen LogP contribution in [0.3, 0.4) is 0 Å². The summed E-state index contributed by atoms with van der Waals surface area (Å²) in [6.07, 6.45) is 4.03. The van der Waals surface area contributed by atoms with Crippen molar-refractivity contribution in [1.82, 2.24) is 5.32 Å². The van der Waals surface area contributed by atoms with Crippen molar-refractivity contribution in [2.24, 2.45) is 5.41 Å². The van der Waals surface area contributed by atoms with Gasteiger partial charge in [0.15, 0.2) is 0 Å². The highest BCUT2D eigenvalue weighted by molar-refractivity contribution is 4.88. The van der Waals surface area contributed by atoms with Gasteiger partial charge in [0.25, 0.3) is 0 Å². The van der Waals surface area contributed by atoms with Gasteiger partial charge in [0.05, 0.1) is 5.60 Å². The van der Waals surface area contributed by atoms with Crippen LogP contribution in [0.1, 0.15) is 47.0 Å². The molecule has 2 nitrogen and oxygen atoms in total. The van der Waals surface area contributed by atoms with Crippen LogP contribution in [0.15, 0.2) is 0 Å². The third-order valence-electron chi connectivity index (χ3n) is 3.46. The van der Waals surface area contributed by atoms with E-state index < -0.39 is 5.60 Å². The van der Waals surface area contributed by atoms with E-state index in [9.17, 15) is 5.11 Å². The first-order chi connectivity index (χ1) is 5.83. The molecule has 0 aliphatic heterocycles.